The molecule has 0 unspecified atom stereocenters. The van der Waals surface area contributed by atoms with Gasteiger partial charge in [0.05, 0.1) is 0 Å². The highest BCUT2D eigenvalue weighted by molar-refractivity contribution is 5.76. The predicted octanol–water partition coefficient (Wildman–Crippen LogP) is 3.05. The van der Waals surface area contributed by atoms with Crippen molar-refractivity contribution in [2.45, 2.75) is 57.9 Å². The van der Waals surface area contributed by atoms with Crippen LogP contribution in [-0.2, 0) is 11.2 Å². The zero-order chi connectivity index (χ0) is 15.1. The molecule has 116 valence electrons. The molecule has 0 saturated heterocycles. The van der Waals surface area contributed by atoms with Crippen molar-refractivity contribution in [3.8, 4) is 0 Å². The van der Waals surface area contributed by atoms with Gasteiger partial charge in [-0.1, -0.05) is 42.7 Å². The van der Waals surface area contributed by atoms with Gasteiger partial charge in [-0.2, -0.15) is 0 Å². The third-order valence-corrected chi connectivity index (χ3v) is 4.44. The van der Waals surface area contributed by atoms with Gasteiger partial charge in [0, 0.05) is 19.0 Å². The second-order valence-corrected chi connectivity index (χ2v) is 6.15. The zero-order valence-corrected chi connectivity index (χ0v) is 13.2. The molecular weight excluding hydrogens is 260 g/mol. The van der Waals surface area contributed by atoms with Crippen LogP contribution in [0.5, 0.6) is 0 Å². The quantitative estimate of drug-likeness (QED) is 0.838. The fourth-order valence-electron chi connectivity index (χ4n) is 3.14. The van der Waals surface area contributed by atoms with E-state index in [1.807, 2.05) is 0 Å². The van der Waals surface area contributed by atoms with Crippen molar-refractivity contribution in [3.05, 3.63) is 35.4 Å². The predicted molar refractivity (Wildman–Crippen MR) is 87.1 cm³/mol. The van der Waals surface area contributed by atoms with Gasteiger partial charge in [-0.3, -0.25) is 4.79 Å². The monoisotopic (exact) mass is 288 g/mol. The van der Waals surface area contributed by atoms with Crippen molar-refractivity contribution in [3.63, 3.8) is 0 Å². The summed E-state index contributed by atoms with van der Waals surface area (Å²) in [4.78, 5) is 14.7. The van der Waals surface area contributed by atoms with E-state index >= 15 is 0 Å². The molecule has 3 nitrogen and oxygen atoms in total. The third-order valence-electron chi connectivity index (χ3n) is 4.44. The lowest BCUT2D eigenvalue weighted by atomic mass is 10.1. The lowest BCUT2D eigenvalue weighted by molar-refractivity contribution is -0.133. The molecule has 1 aliphatic rings. The number of hydrogen-bond donors (Lipinski definition) is 1. The van der Waals surface area contributed by atoms with Crippen molar-refractivity contribution >= 4 is 5.91 Å². The molecule has 2 rings (SSSR count). The third kappa shape index (κ3) is 4.85. The molecule has 0 aromatic heterocycles. The highest BCUT2D eigenvalue weighted by Gasteiger charge is 2.25. The average molecular weight is 288 g/mol. The first-order valence-electron chi connectivity index (χ1n) is 8.26. The highest BCUT2D eigenvalue weighted by atomic mass is 16.2. The maximum absolute atomic E-state index is 12.6. The Kier molecular flexibility index (Phi) is 6.24. The number of aryl methyl sites for hydroxylation is 2. The van der Waals surface area contributed by atoms with Crippen molar-refractivity contribution in [2.24, 2.45) is 5.73 Å². The first-order valence-corrected chi connectivity index (χ1v) is 8.26. The number of carbonyl (C=O) groups is 1. The Bertz CT molecular complexity index is 435. The number of amides is 1. The van der Waals surface area contributed by atoms with Crippen LogP contribution in [0.4, 0.5) is 0 Å². The molecule has 0 radical (unpaired) electrons. The number of benzene rings is 1. The zero-order valence-electron chi connectivity index (χ0n) is 13.2. The van der Waals surface area contributed by atoms with Gasteiger partial charge < -0.3 is 10.6 Å². The number of hydrogen-bond acceptors (Lipinski definition) is 2. The van der Waals surface area contributed by atoms with Crippen molar-refractivity contribution < 1.29 is 4.79 Å². The summed E-state index contributed by atoms with van der Waals surface area (Å²) in [6, 6.07) is 8.94. The molecule has 0 heterocycles. The molecular formula is C18H28N2O. The fraction of sp³-hybridized carbons (Fsp3) is 0.611. The van der Waals surface area contributed by atoms with Gasteiger partial charge in [0.15, 0.2) is 0 Å². The Morgan fingerprint density at radius 2 is 1.90 bits per heavy atom. The van der Waals surface area contributed by atoms with Crippen LogP contribution in [0, 0.1) is 6.92 Å². The van der Waals surface area contributed by atoms with E-state index in [2.05, 4.69) is 36.1 Å². The van der Waals surface area contributed by atoms with Crippen LogP contribution in [0.15, 0.2) is 24.3 Å². The van der Waals surface area contributed by atoms with E-state index in [-0.39, 0.29) is 0 Å². The van der Waals surface area contributed by atoms with Crippen LogP contribution in [-0.4, -0.2) is 29.9 Å². The number of nitrogens with two attached hydrogens (primary N) is 1. The van der Waals surface area contributed by atoms with Crippen LogP contribution in [0.25, 0.3) is 0 Å². The Hall–Kier alpha value is -1.35. The van der Waals surface area contributed by atoms with E-state index in [9.17, 15) is 4.79 Å². The molecule has 0 aliphatic heterocycles. The lowest BCUT2D eigenvalue weighted by Crippen LogP contribution is -2.40. The van der Waals surface area contributed by atoms with Gasteiger partial charge in [-0.25, -0.2) is 0 Å². The number of rotatable bonds is 7. The standard InChI is InChI=1S/C18H28N2O/c1-15-7-9-16(10-8-15)11-12-18(21)20(14-4-13-19)17-5-2-3-6-17/h7-10,17H,2-6,11-14,19H2,1H3. The number of nitrogens with zero attached hydrogens (tertiary/aromatic N) is 1. The van der Waals surface area contributed by atoms with E-state index in [0.717, 1.165) is 19.4 Å². The molecule has 0 atom stereocenters. The summed E-state index contributed by atoms with van der Waals surface area (Å²) in [6.07, 6.45) is 7.22. The van der Waals surface area contributed by atoms with Crippen LogP contribution < -0.4 is 5.73 Å². The van der Waals surface area contributed by atoms with Crippen molar-refractivity contribution in [1.82, 2.24) is 4.90 Å². The van der Waals surface area contributed by atoms with Crippen molar-refractivity contribution in [1.29, 1.82) is 0 Å². The number of carbonyl (C=O) groups excluding carboxylic acids is 1. The van der Waals surface area contributed by atoms with Gasteiger partial charge in [0.1, 0.15) is 0 Å². The second kappa shape index (κ2) is 8.18. The topological polar surface area (TPSA) is 46.3 Å². The van der Waals surface area contributed by atoms with E-state index in [1.54, 1.807) is 0 Å². The first-order chi connectivity index (χ1) is 10.2. The molecule has 3 heteroatoms. The summed E-state index contributed by atoms with van der Waals surface area (Å²) in [6.45, 7) is 3.58. The molecule has 0 spiro atoms. The van der Waals surface area contributed by atoms with E-state index in [0.29, 0.717) is 24.9 Å². The molecule has 0 bridgehead atoms. The molecule has 1 aromatic carbocycles. The molecule has 1 fully saturated rings. The molecule has 1 aliphatic carbocycles. The summed E-state index contributed by atoms with van der Waals surface area (Å²) >= 11 is 0. The maximum Gasteiger partial charge on any atom is 0.223 e. The normalized spacial score (nSPS) is 15.3. The molecule has 21 heavy (non-hydrogen) atoms. The largest absolute Gasteiger partial charge is 0.340 e. The smallest absolute Gasteiger partial charge is 0.223 e. The minimum atomic E-state index is 0.302. The van der Waals surface area contributed by atoms with Crippen molar-refractivity contribution in [2.75, 3.05) is 13.1 Å². The maximum atomic E-state index is 12.6. The van der Waals surface area contributed by atoms with Gasteiger partial charge in [-0.05, 0) is 44.7 Å². The molecule has 1 aromatic rings. The first kappa shape index (κ1) is 16.0. The van der Waals surface area contributed by atoms with E-state index in [4.69, 9.17) is 5.73 Å². The molecule has 2 N–H and O–H groups in total. The minimum Gasteiger partial charge on any atom is -0.340 e. The minimum absolute atomic E-state index is 0.302. The Morgan fingerprint density at radius 3 is 2.52 bits per heavy atom. The Balaban J connectivity index is 1.89. The van der Waals surface area contributed by atoms with Gasteiger partial charge in [0.2, 0.25) is 5.91 Å². The Labute approximate surface area is 128 Å². The average Bonchev–Trinajstić information content (AvgIpc) is 3.01. The second-order valence-electron chi connectivity index (χ2n) is 6.15. The molecule has 1 amide bonds. The summed E-state index contributed by atoms with van der Waals surface area (Å²) in [5.41, 5.74) is 8.13. The van der Waals surface area contributed by atoms with Gasteiger partial charge in [-0.15, -0.1) is 0 Å². The molecule has 1 saturated carbocycles. The van der Waals surface area contributed by atoms with Crippen LogP contribution in [0.2, 0.25) is 0 Å². The van der Waals surface area contributed by atoms with E-state index < -0.39 is 0 Å². The van der Waals surface area contributed by atoms with E-state index in [1.165, 1.54) is 36.8 Å². The van der Waals surface area contributed by atoms with Gasteiger partial charge >= 0.3 is 0 Å². The summed E-state index contributed by atoms with van der Waals surface area (Å²) in [7, 11) is 0. The fourth-order valence-corrected chi connectivity index (χ4v) is 3.14. The summed E-state index contributed by atoms with van der Waals surface area (Å²) < 4.78 is 0. The van der Waals surface area contributed by atoms with Gasteiger partial charge in [0.25, 0.3) is 0 Å². The summed E-state index contributed by atoms with van der Waals surface area (Å²) in [5.74, 6) is 0.302. The highest BCUT2D eigenvalue weighted by Crippen LogP contribution is 2.24. The van der Waals surface area contributed by atoms with Crippen LogP contribution >= 0.6 is 0 Å². The Morgan fingerprint density at radius 1 is 1.24 bits per heavy atom. The lowest BCUT2D eigenvalue weighted by Gasteiger charge is -2.29. The summed E-state index contributed by atoms with van der Waals surface area (Å²) in [5, 5.41) is 0. The SMILES string of the molecule is Cc1ccc(CCC(=O)N(CCCN)C2CCCC2)cc1. The van der Waals surface area contributed by atoms with Crippen LogP contribution in [0.1, 0.15) is 49.7 Å². The van der Waals surface area contributed by atoms with Crippen LogP contribution in [0.3, 0.4) is 0 Å².